The van der Waals surface area contributed by atoms with Crippen LogP contribution in [0.25, 0.3) is 0 Å². The van der Waals surface area contributed by atoms with Gasteiger partial charge in [-0.3, -0.25) is 9.59 Å². The number of hydrogen-bond donors (Lipinski definition) is 2. The van der Waals surface area contributed by atoms with E-state index in [0.717, 1.165) is 16.0 Å². The Balaban J connectivity index is 1.88. The maximum absolute atomic E-state index is 12.4. The predicted molar refractivity (Wildman–Crippen MR) is 116 cm³/mol. The number of hydrogen-bond acceptors (Lipinski definition) is 7. The van der Waals surface area contributed by atoms with Crippen molar-refractivity contribution in [3.8, 4) is 0 Å². The molecule has 2 rings (SSSR count). The first-order valence-corrected chi connectivity index (χ1v) is 11.1. The van der Waals surface area contributed by atoms with Gasteiger partial charge in [-0.1, -0.05) is 43.0 Å². The highest BCUT2D eigenvalue weighted by Gasteiger charge is 2.14. The molecule has 0 aliphatic heterocycles. The van der Waals surface area contributed by atoms with E-state index in [9.17, 15) is 9.59 Å². The second-order valence-electron chi connectivity index (χ2n) is 6.54. The molecule has 0 unspecified atom stereocenters. The fraction of sp³-hybridized carbons (Fsp3) is 0.474. The lowest BCUT2D eigenvalue weighted by atomic mass is 10.1. The van der Waals surface area contributed by atoms with Gasteiger partial charge in [0, 0.05) is 30.9 Å². The highest BCUT2D eigenvalue weighted by molar-refractivity contribution is 8.01. The lowest BCUT2D eigenvalue weighted by molar-refractivity contribution is -0.113. The topological polar surface area (TPSA) is 87.2 Å². The summed E-state index contributed by atoms with van der Waals surface area (Å²) in [5.41, 5.74) is 1.18. The van der Waals surface area contributed by atoms with Crippen LogP contribution in [0.15, 0.2) is 28.6 Å². The van der Waals surface area contributed by atoms with Crippen LogP contribution in [0.4, 0.5) is 10.8 Å². The van der Waals surface area contributed by atoms with Gasteiger partial charge in [0.2, 0.25) is 11.0 Å². The minimum absolute atomic E-state index is 0.0363. The molecule has 1 heterocycles. The van der Waals surface area contributed by atoms with E-state index >= 15 is 0 Å². The van der Waals surface area contributed by atoms with Gasteiger partial charge in [0.25, 0.3) is 5.91 Å². The predicted octanol–water partition coefficient (Wildman–Crippen LogP) is 3.82. The minimum Gasteiger partial charge on any atom is -0.360 e. The number of carbonyl (C=O) groups is 2. The lowest BCUT2D eigenvalue weighted by Crippen LogP contribution is -2.30. The number of benzene rings is 1. The summed E-state index contributed by atoms with van der Waals surface area (Å²) in [5, 5.41) is 15.0. The van der Waals surface area contributed by atoms with Gasteiger partial charge in [0.05, 0.1) is 5.75 Å². The van der Waals surface area contributed by atoms with E-state index in [4.69, 9.17) is 0 Å². The van der Waals surface area contributed by atoms with Gasteiger partial charge in [-0.05, 0) is 38.0 Å². The van der Waals surface area contributed by atoms with Gasteiger partial charge < -0.3 is 15.5 Å². The van der Waals surface area contributed by atoms with Crippen LogP contribution in [0.5, 0.6) is 0 Å². The van der Waals surface area contributed by atoms with Gasteiger partial charge in [0.1, 0.15) is 0 Å². The van der Waals surface area contributed by atoms with Gasteiger partial charge in [-0.15, -0.1) is 10.2 Å². The lowest BCUT2D eigenvalue weighted by Gasteiger charge is -2.19. The fourth-order valence-corrected chi connectivity index (χ4v) is 3.94. The van der Waals surface area contributed by atoms with Crippen LogP contribution in [0.3, 0.4) is 0 Å². The van der Waals surface area contributed by atoms with Crippen LogP contribution in [-0.2, 0) is 4.79 Å². The zero-order chi connectivity index (χ0) is 20.5. The van der Waals surface area contributed by atoms with E-state index in [-0.39, 0.29) is 17.6 Å². The summed E-state index contributed by atoms with van der Waals surface area (Å²) in [4.78, 5) is 26.4. The smallest absolute Gasteiger partial charge is 0.253 e. The maximum Gasteiger partial charge on any atom is 0.253 e. The van der Waals surface area contributed by atoms with Crippen LogP contribution < -0.4 is 10.6 Å². The van der Waals surface area contributed by atoms with Crippen molar-refractivity contribution in [1.82, 2.24) is 15.1 Å². The highest BCUT2D eigenvalue weighted by atomic mass is 32.2. The Morgan fingerprint density at radius 1 is 1.21 bits per heavy atom. The molecule has 152 valence electrons. The van der Waals surface area contributed by atoms with Crippen molar-refractivity contribution >= 4 is 45.7 Å². The third-order valence-electron chi connectivity index (χ3n) is 3.84. The number of aromatic nitrogens is 2. The number of nitrogens with zero attached hydrogens (tertiary/aromatic N) is 3. The Hall–Kier alpha value is -2.13. The molecular formula is C19H27N5O2S2. The Morgan fingerprint density at radius 3 is 2.64 bits per heavy atom. The Labute approximate surface area is 174 Å². The molecule has 0 radical (unpaired) electrons. The zero-order valence-corrected chi connectivity index (χ0v) is 18.3. The molecule has 2 N–H and O–H groups in total. The van der Waals surface area contributed by atoms with Gasteiger partial charge in [-0.25, -0.2) is 0 Å². The zero-order valence-electron chi connectivity index (χ0n) is 16.7. The number of carbonyl (C=O) groups excluding carboxylic acids is 2. The molecule has 1 aromatic carbocycles. The van der Waals surface area contributed by atoms with E-state index in [2.05, 4.69) is 34.7 Å². The normalized spacial score (nSPS) is 10.8. The second-order valence-corrected chi connectivity index (χ2v) is 8.74. The van der Waals surface area contributed by atoms with Crippen molar-refractivity contribution in [2.45, 2.75) is 32.0 Å². The van der Waals surface area contributed by atoms with Gasteiger partial charge in [0.15, 0.2) is 4.34 Å². The molecule has 2 amide bonds. The first-order chi connectivity index (χ1) is 13.4. The van der Waals surface area contributed by atoms with Crippen molar-refractivity contribution in [2.24, 2.45) is 5.92 Å². The molecule has 1 aromatic heterocycles. The second kappa shape index (κ2) is 11.0. The Kier molecular flexibility index (Phi) is 8.72. The maximum atomic E-state index is 12.4. The fourth-order valence-electron chi connectivity index (χ4n) is 2.38. The van der Waals surface area contributed by atoms with E-state index in [1.54, 1.807) is 29.2 Å². The number of amides is 2. The first-order valence-electron chi connectivity index (χ1n) is 9.32. The Bertz CT molecular complexity index is 790. The standard InChI is InChI=1S/C19H27N5O2S2/c1-5-24(6-2)17(26)14-8-7-9-15(10-14)21-16(25)12-27-19-23-22-18(28-19)20-11-13(3)4/h7-10,13H,5-6,11-12H2,1-4H3,(H,20,22)(H,21,25). The molecule has 2 aromatic rings. The Morgan fingerprint density at radius 2 is 1.96 bits per heavy atom. The third kappa shape index (κ3) is 6.79. The van der Waals surface area contributed by atoms with Crippen LogP contribution in [-0.4, -0.2) is 52.3 Å². The summed E-state index contributed by atoms with van der Waals surface area (Å²) in [6.07, 6.45) is 0. The molecule has 0 saturated heterocycles. The van der Waals surface area contributed by atoms with E-state index < -0.39 is 0 Å². The monoisotopic (exact) mass is 421 g/mol. The molecule has 7 nitrogen and oxygen atoms in total. The molecule has 0 aliphatic carbocycles. The van der Waals surface area contributed by atoms with Crippen molar-refractivity contribution < 1.29 is 9.59 Å². The molecule has 0 atom stereocenters. The molecule has 0 saturated carbocycles. The number of anilines is 2. The molecule has 0 spiro atoms. The quantitative estimate of drug-likeness (QED) is 0.567. The molecule has 28 heavy (non-hydrogen) atoms. The highest BCUT2D eigenvalue weighted by Crippen LogP contribution is 2.25. The summed E-state index contributed by atoms with van der Waals surface area (Å²) in [5.74, 6) is 0.567. The van der Waals surface area contributed by atoms with Crippen LogP contribution in [0, 0.1) is 5.92 Å². The van der Waals surface area contributed by atoms with Crippen LogP contribution in [0.2, 0.25) is 0 Å². The molecule has 0 fully saturated rings. The summed E-state index contributed by atoms with van der Waals surface area (Å²) in [6, 6.07) is 7.03. The average molecular weight is 422 g/mol. The average Bonchev–Trinajstić information content (AvgIpc) is 3.14. The van der Waals surface area contributed by atoms with Gasteiger partial charge >= 0.3 is 0 Å². The van der Waals surface area contributed by atoms with E-state index in [1.165, 1.54) is 23.1 Å². The largest absolute Gasteiger partial charge is 0.360 e. The number of thioether (sulfide) groups is 1. The summed E-state index contributed by atoms with van der Waals surface area (Å²) < 4.78 is 0.742. The molecule has 0 aliphatic rings. The van der Waals surface area contributed by atoms with Crippen LogP contribution in [0.1, 0.15) is 38.1 Å². The van der Waals surface area contributed by atoms with E-state index in [1.807, 2.05) is 13.8 Å². The van der Waals surface area contributed by atoms with Crippen LogP contribution >= 0.6 is 23.1 Å². The van der Waals surface area contributed by atoms with Gasteiger partial charge in [-0.2, -0.15) is 0 Å². The molecular weight excluding hydrogens is 394 g/mol. The number of nitrogens with one attached hydrogen (secondary N) is 2. The van der Waals surface area contributed by atoms with Crippen molar-refractivity contribution in [1.29, 1.82) is 0 Å². The summed E-state index contributed by atoms with van der Waals surface area (Å²) in [6.45, 7) is 10.3. The SMILES string of the molecule is CCN(CC)C(=O)c1cccc(NC(=O)CSc2nnc(NCC(C)C)s2)c1. The van der Waals surface area contributed by atoms with Crippen molar-refractivity contribution in [3.05, 3.63) is 29.8 Å². The van der Waals surface area contributed by atoms with E-state index in [0.29, 0.717) is 30.3 Å². The number of rotatable bonds is 10. The van der Waals surface area contributed by atoms with Crippen molar-refractivity contribution in [3.63, 3.8) is 0 Å². The summed E-state index contributed by atoms with van der Waals surface area (Å²) >= 11 is 2.78. The minimum atomic E-state index is -0.149. The summed E-state index contributed by atoms with van der Waals surface area (Å²) in [7, 11) is 0. The molecule has 0 bridgehead atoms. The third-order valence-corrected chi connectivity index (χ3v) is 5.85. The molecule has 9 heteroatoms. The first kappa shape index (κ1) is 22.2. The van der Waals surface area contributed by atoms with Crippen molar-refractivity contribution in [2.75, 3.05) is 36.0 Å².